The first kappa shape index (κ1) is 18.1. The maximum atomic E-state index is 11.4. The number of anilines is 1. The minimum absolute atomic E-state index is 0.225. The van der Waals surface area contributed by atoms with Gasteiger partial charge in [-0.25, -0.2) is 13.4 Å². The smallest absolute Gasteiger partial charge is 0.193 e. The molecule has 6 nitrogen and oxygen atoms in total. The number of halogens is 1. The van der Waals surface area contributed by atoms with Gasteiger partial charge in [-0.15, -0.1) is 0 Å². The van der Waals surface area contributed by atoms with Crippen LogP contribution < -0.4 is 15.8 Å². The molecule has 0 amide bonds. The monoisotopic (exact) mass is 367 g/mol. The molecule has 2 rings (SSSR count). The van der Waals surface area contributed by atoms with Crippen LogP contribution in [-0.2, 0) is 16.4 Å². The van der Waals surface area contributed by atoms with Gasteiger partial charge in [0.25, 0.3) is 0 Å². The van der Waals surface area contributed by atoms with Gasteiger partial charge < -0.3 is 15.8 Å². The fraction of sp³-hybridized carbons (Fsp3) is 0.188. The number of methoxy groups -OCH3 is 1. The van der Waals surface area contributed by atoms with E-state index >= 15 is 0 Å². The SMILES string of the molecule is COc1ccc(NC(N)=NCc2ccc(S(C)(=O)=O)cc2)cc1Cl. The standard InChI is InChI=1S/C16H18ClN3O3S/c1-23-15-8-5-12(9-14(15)17)20-16(18)19-10-11-3-6-13(7-4-11)24(2,21)22/h3-9H,10H2,1-2H3,(H3,18,19,20). The Balaban J connectivity index is 2.02. The average molecular weight is 368 g/mol. The average Bonchev–Trinajstić information content (AvgIpc) is 2.53. The fourth-order valence-corrected chi connectivity index (χ4v) is 2.84. The van der Waals surface area contributed by atoms with Gasteiger partial charge in [0.1, 0.15) is 5.75 Å². The van der Waals surface area contributed by atoms with Gasteiger partial charge >= 0.3 is 0 Å². The molecule has 2 aromatic rings. The zero-order chi connectivity index (χ0) is 17.7. The lowest BCUT2D eigenvalue weighted by molar-refractivity contribution is 0.415. The van der Waals surface area contributed by atoms with Crippen molar-refractivity contribution in [1.82, 2.24) is 0 Å². The van der Waals surface area contributed by atoms with Crippen LogP contribution in [0.25, 0.3) is 0 Å². The van der Waals surface area contributed by atoms with E-state index in [1.165, 1.54) is 6.26 Å². The van der Waals surface area contributed by atoms with E-state index in [1.807, 2.05) is 0 Å². The molecule has 0 atom stereocenters. The zero-order valence-corrected chi connectivity index (χ0v) is 14.9. The molecule has 24 heavy (non-hydrogen) atoms. The summed E-state index contributed by atoms with van der Waals surface area (Å²) in [5, 5.41) is 3.40. The van der Waals surface area contributed by atoms with Crippen molar-refractivity contribution in [1.29, 1.82) is 0 Å². The molecule has 0 heterocycles. The highest BCUT2D eigenvalue weighted by Crippen LogP contribution is 2.27. The van der Waals surface area contributed by atoms with Crippen LogP contribution in [0.1, 0.15) is 5.56 Å². The molecule has 128 valence electrons. The van der Waals surface area contributed by atoms with Crippen molar-refractivity contribution < 1.29 is 13.2 Å². The van der Waals surface area contributed by atoms with Crippen LogP contribution in [-0.4, -0.2) is 27.7 Å². The third-order valence-electron chi connectivity index (χ3n) is 3.21. The molecule has 8 heteroatoms. The number of aliphatic imine (C=N–C) groups is 1. The van der Waals surface area contributed by atoms with Crippen molar-refractivity contribution in [3.63, 3.8) is 0 Å². The van der Waals surface area contributed by atoms with E-state index in [4.69, 9.17) is 22.1 Å². The van der Waals surface area contributed by atoms with Gasteiger partial charge in [-0.05, 0) is 35.9 Å². The van der Waals surface area contributed by atoms with Crippen molar-refractivity contribution in [3.05, 3.63) is 53.1 Å². The van der Waals surface area contributed by atoms with Crippen LogP contribution in [0.15, 0.2) is 52.4 Å². The second-order valence-electron chi connectivity index (χ2n) is 5.09. The van der Waals surface area contributed by atoms with E-state index in [0.717, 1.165) is 5.56 Å². The number of benzene rings is 2. The molecule has 0 spiro atoms. The van der Waals surface area contributed by atoms with Crippen LogP contribution in [0.3, 0.4) is 0 Å². The number of rotatable bonds is 5. The van der Waals surface area contributed by atoms with Gasteiger partial charge in [0.2, 0.25) is 0 Å². The number of nitrogens with two attached hydrogens (primary N) is 1. The van der Waals surface area contributed by atoms with Crippen LogP contribution in [0, 0.1) is 0 Å². The van der Waals surface area contributed by atoms with Crippen molar-refractivity contribution in [3.8, 4) is 5.75 Å². The van der Waals surface area contributed by atoms with Crippen molar-refractivity contribution in [2.75, 3.05) is 18.7 Å². The summed E-state index contributed by atoms with van der Waals surface area (Å²) in [6, 6.07) is 11.7. The summed E-state index contributed by atoms with van der Waals surface area (Å²) in [6.45, 7) is 0.326. The maximum Gasteiger partial charge on any atom is 0.193 e. The van der Waals surface area contributed by atoms with Gasteiger partial charge in [0.05, 0.1) is 23.6 Å². The normalized spacial score (nSPS) is 12.0. The predicted octanol–water partition coefficient (Wildman–Crippen LogP) is 2.68. The highest BCUT2D eigenvalue weighted by molar-refractivity contribution is 7.90. The molecule has 0 aliphatic heterocycles. The Labute approximate surface area is 146 Å². The van der Waals surface area contributed by atoms with Gasteiger partial charge in [0, 0.05) is 11.9 Å². The summed E-state index contributed by atoms with van der Waals surface area (Å²) in [7, 11) is -1.66. The van der Waals surface area contributed by atoms with Gasteiger partial charge in [-0.3, -0.25) is 0 Å². The Bertz CT molecular complexity index is 849. The molecule has 0 aliphatic rings. The molecular formula is C16H18ClN3O3S. The van der Waals surface area contributed by atoms with Crippen molar-refractivity contribution in [2.45, 2.75) is 11.4 Å². The Hall–Kier alpha value is -2.25. The highest BCUT2D eigenvalue weighted by atomic mass is 35.5. The minimum Gasteiger partial charge on any atom is -0.495 e. The summed E-state index contributed by atoms with van der Waals surface area (Å²) in [5.41, 5.74) is 7.38. The van der Waals surface area contributed by atoms with Crippen molar-refractivity contribution in [2.24, 2.45) is 10.7 Å². The van der Waals surface area contributed by atoms with Gasteiger partial charge in [-0.2, -0.15) is 0 Å². The molecule has 0 fully saturated rings. The molecule has 2 aromatic carbocycles. The number of hydrogen-bond acceptors (Lipinski definition) is 4. The summed E-state index contributed by atoms with van der Waals surface area (Å²) in [5.74, 6) is 0.798. The lowest BCUT2D eigenvalue weighted by atomic mass is 10.2. The van der Waals surface area contributed by atoms with Crippen LogP contribution >= 0.6 is 11.6 Å². The third kappa shape index (κ3) is 4.87. The Kier molecular flexibility index (Phi) is 5.69. The molecule has 0 unspecified atom stereocenters. The van der Waals surface area contributed by atoms with E-state index in [2.05, 4.69) is 10.3 Å². The quantitative estimate of drug-likeness (QED) is 0.626. The van der Waals surface area contributed by atoms with E-state index < -0.39 is 9.84 Å². The number of hydrogen-bond donors (Lipinski definition) is 2. The van der Waals surface area contributed by atoms with E-state index in [-0.39, 0.29) is 10.9 Å². The highest BCUT2D eigenvalue weighted by Gasteiger charge is 2.06. The number of nitrogens with one attached hydrogen (secondary N) is 1. The van der Waals surface area contributed by atoms with E-state index in [9.17, 15) is 8.42 Å². The molecule has 0 aliphatic carbocycles. The second kappa shape index (κ2) is 7.55. The van der Waals surface area contributed by atoms with E-state index in [1.54, 1.807) is 49.6 Å². The molecule has 0 radical (unpaired) electrons. The summed E-state index contributed by atoms with van der Waals surface area (Å²) in [4.78, 5) is 4.49. The largest absolute Gasteiger partial charge is 0.495 e. The maximum absolute atomic E-state index is 11.4. The number of guanidine groups is 1. The molecule has 3 N–H and O–H groups in total. The molecular weight excluding hydrogens is 350 g/mol. The van der Waals surface area contributed by atoms with Crippen LogP contribution in [0.5, 0.6) is 5.75 Å². The molecule has 0 saturated carbocycles. The minimum atomic E-state index is -3.20. The molecule has 0 bridgehead atoms. The van der Waals surface area contributed by atoms with Gasteiger partial charge in [-0.1, -0.05) is 23.7 Å². The van der Waals surface area contributed by atoms with Gasteiger partial charge in [0.15, 0.2) is 15.8 Å². The summed E-state index contributed by atoms with van der Waals surface area (Å²) < 4.78 is 27.9. The van der Waals surface area contributed by atoms with E-state index in [0.29, 0.717) is 23.0 Å². The Morgan fingerprint density at radius 1 is 1.25 bits per heavy atom. The Morgan fingerprint density at radius 2 is 1.92 bits per heavy atom. The lowest BCUT2D eigenvalue weighted by Crippen LogP contribution is -2.22. The summed E-state index contributed by atoms with van der Waals surface area (Å²) >= 11 is 6.04. The van der Waals surface area contributed by atoms with Crippen LogP contribution in [0.2, 0.25) is 5.02 Å². The first-order valence-corrected chi connectivity index (χ1v) is 9.26. The van der Waals surface area contributed by atoms with Crippen molar-refractivity contribution >= 4 is 33.1 Å². The lowest BCUT2D eigenvalue weighted by Gasteiger charge is -2.08. The summed E-state index contributed by atoms with van der Waals surface area (Å²) in [6.07, 6.45) is 1.17. The fourth-order valence-electron chi connectivity index (χ4n) is 1.95. The predicted molar refractivity (Wildman–Crippen MR) is 96.5 cm³/mol. The number of sulfone groups is 1. The number of nitrogens with zero attached hydrogens (tertiary/aromatic N) is 1. The first-order chi connectivity index (χ1) is 11.3. The zero-order valence-electron chi connectivity index (χ0n) is 13.3. The third-order valence-corrected chi connectivity index (χ3v) is 4.63. The Morgan fingerprint density at radius 3 is 2.46 bits per heavy atom. The molecule has 0 saturated heterocycles. The number of ether oxygens (including phenoxy) is 1. The van der Waals surface area contributed by atoms with Crippen LogP contribution in [0.4, 0.5) is 5.69 Å². The molecule has 0 aromatic heterocycles. The topological polar surface area (TPSA) is 93.8 Å². The second-order valence-corrected chi connectivity index (χ2v) is 7.51. The first-order valence-electron chi connectivity index (χ1n) is 6.99.